The van der Waals surface area contributed by atoms with Gasteiger partial charge in [-0.3, -0.25) is 14.7 Å². The molecule has 2 N–H and O–H groups in total. The molecule has 5 heterocycles. The Labute approximate surface area is 228 Å². The molecule has 1 unspecified atom stereocenters. The first-order valence-corrected chi connectivity index (χ1v) is 13.4. The SMILES string of the molecule is O=C(c1cc2c(c(C3CC3)n1)CN(c1cc3c(cc1Cl)CCC(c1ncccc1F)O3)C(=O)N2)N1CC(O)C1. The Morgan fingerprint density at radius 2 is 2.00 bits per heavy atom. The summed E-state index contributed by atoms with van der Waals surface area (Å²) in [5.74, 6) is 0.0834. The first-order valence-electron chi connectivity index (χ1n) is 13.0. The van der Waals surface area contributed by atoms with E-state index >= 15 is 0 Å². The van der Waals surface area contributed by atoms with E-state index in [4.69, 9.17) is 21.3 Å². The van der Waals surface area contributed by atoms with Crippen LogP contribution in [0, 0.1) is 5.82 Å². The van der Waals surface area contributed by atoms with E-state index in [9.17, 15) is 19.1 Å². The van der Waals surface area contributed by atoms with Crippen molar-refractivity contribution >= 4 is 34.9 Å². The van der Waals surface area contributed by atoms with Gasteiger partial charge in [0.05, 0.1) is 34.7 Å². The Morgan fingerprint density at radius 1 is 1.18 bits per heavy atom. The summed E-state index contributed by atoms with van der Waals surface area (Å²) in [5.41, 5.74) is 4.09. The van der Waals surface area contributed by atoms with Crippen LogP contribution in [0.15, 0.2) is 36.5 Å². The highest BCUT2D eigenvalue weighted by molar-refractivity contribution is 6.34. The van der Waals surface area contributed by atoms with Gasteiger partial charge in [0.25, 0.3) is 5.91 Å². The molecule has 9 nitrogen and oxygen atoms in total. The van der Waals surface area contributed by atoms with Crippen molar-refractivity contribution in [2.45, 2.75) is 50.4 Å². The number of likely N-dealkylation sites (tertiary alicyclic amines) is 1. The second-order valence-electron chi connectivity index (χ2n) is 10.5. The number of aromatic nitrogens is 2. The van der Waals surface area contributed by atoms with E-state index in [0.717, 1.165) is 29.7 Å². The predicted octanol–water partition coefficient (Wildman–Crippen LogP) is 4.58. The Kier molecular flexibility index (Phi) is 5.71. The molecule has 39 heavy (non-hydrogen) atoms. The van der Waals surface area contributed by atoms with E-state index in [1.807, 2.05) is 0 Å². The number of aliphatic hydroxyl groups excluding tert-OH is 1. The monoisotopic (exact) mass is 549 g/mol. The summed E-state index contributed by atoms with van der Waals surface area (Å²) < 4.78 is 20.5. The second kappa shape index (κ2) is 9.17. The highest BCUT2D eigenvalue weighted by Gasteiger charge is 2.37. The number of nitrogens with zero attached hydrogens (tertiary/aromatic N) is 4. The molecule has 2 fully saturated rings. The number of benzene rings is 1. The van der Waals surface area contributed by atoms with Crippen LogP contribution < -0.4 is 15.0 Å². The average Bonchev–Trinajstić information content (AvgIpc) is 3.75. The molecule has 1 saturated carbocycles. The van der Waals surface area contributed by atoms with Gasteiger partial charge < -0.3 is 20.1 Å². The van der Waals surface area contributed by atoms with Crippen molar-refractivity contribution in [3.8, 4) is 5.75 Å². The number of rotatable bonds is 4. The van der Waals surface area contributed by atoms with Crippen LogP contribution in [0.4, 0.5) is 20.6 Å². The van der Waals surface area contributed by atoms with Crippen LogP contribution in [0.3, 0.4) is 0 Å². The predicted molar refractivity (Wildman–Crippen MR) is 141 cm³/mol. The molecule has 1 aliphatic carbocycles. The molecule has 11 heteroatoms. The molecule has 7 rings (SSSR count). The van der Waals surface area contributed by atoms with Gasteiger partial charge in [-0.1, -0.05) is 11.6 Å². The zero-order chi connectivity index (χ0) is 26.8. The number of halogens is 2. The summed E-state index contributed by atoms with van der Waals surface area (Å²) >= 11 is 6.68. The molecule has 0 spiro atoms. The minimum atomic E-state index is -0.544. The molecule has 1 atom stereocenters. The van der Waals surface area contributed by atoms with Crippen molar-refractivity contribution in [1.29, 1.82) is 0 Å². The van der Waals surface area contributed by atoms with Gasteiger partial charge in [0.15, 0.2) is 0 Å². The topological polar surface area (TPSA) is 108 Å². The molecule has 0 bridgehead atoms. The average molecular weight is 550 g/mol. The number of hydrogen-bond donors (Lipinski definition) is 2. The van der Waals surface area contributed by atoms with Crippen molar-refractivity contribution in [2.24, 2.45) is 0 Å². The fourth-order valence-corrected chi connectivity index (χ4v) is 5.77. The Hall–Kier alpha value is -3.76. The molecular formula is C28H25ClFN5O4. The number of hydrogen-bond acceptors (Lipinski definition) is 6. The molecule has 3 aromatic rings. The lowest BCUT2D eigenvalue weighted by molar-refractivity contribution is 0.00549. The quantitative estimate of drug-likeness (QED) is 0.493. The third-order valence-electron chi connectivity index (χ3n) is 7.75. The fraction of sp³-hybridized carbons (Fsp3) is 0.357. The summed E-state index contributed by atoms with van der Waals surface area (Å²) in [6.07, 6.45) is 3.60. The number of ether oxygens (including phenoxy) is 1. The van der Waals surface area contributed by atoms with E-state index in [1.165, 1.54) is 12.3 Å². The maximum atomic E-state index is 14.4. The van der Waals surface area contributed by atoms with Gasteiger partial charge in [-0.2, -0.15) is 0 Å². The Balaban J connectivity index is 1.20. The highest BCUT2D eigenvalue weighted by atomic mass is 35.5. The van der Waals surface area contributed by atoms with E-state index in [-0.39, 0.29) is 42.8 Å². The summed E-state index contributed by atoms with van der Waals surface area (Å²) in [4.78, 5) is 38.2. The number of carbonyl (C=O) groups excluding carboxylic acids is 2. The van der Waals surface area contributed by atoms with Gasteiger partial charge in [0.1, 0.15) is 29.1 Å². The lowest BCUT2D eigenvalue weighted by Gasteiger charge is -2.36. The van der Waals surface area contributed by atoms with E-state index in [2.05, 4.69) is 10.3 Å². The Bertz CT molecular complexity index is 1520. The van der Waals surface area contributed by atoms with Crippen LogP contribution in [-0.2, 0) is 13.0 Å². The number of aliphatic hydroxyl groups is 1. The van der Waals surface area contributed by atoms with Gasteiger partial charge >= 0.3 is 6.03 Å². The summed E-state index contributed by atoms with van der Waals surface area (Å²) in [7, 11) is 0. The van der Waals surface area contributed by atoms with Crippen LogP contribution in [-0.4, -0.2) is 51.1 Å². The molecule has 1 aromatic carbocycles. The van der Waals surface area contributed by atoms with Crippen molar-refractivity contribution in [3.63, 3.8) is 0 Å². The maximum Gasteiger partial charge on any atom is 0.326 e. The smallest absolute Gasteiger partial charge is 0.326 e. The fourth-order valence-electron chi connectivity index (χ4n) is 5.49. The zero-order valence-corrected chi connectivity index (χ0v) is 21.6. The largest absolute Gasteiger partial charge is 0.484 e. The molecule has 1 saturated heterocycles. The van der Waals surface area contributed by atoms with Crippen LogP contribution >= 0.6 is 11.6 Å². The van der Waals surface area contributed by atoms with Crippen LogP contribution in [0.5, 0.6) is 5.75 Å². The number of pyridine rings is 2. The van der Waals surface area contributed by atoms with Gasteiger partial charge in [0.2, 0.25) is 0 Å². The summed E-state index contributed by atoms with van der Waals surface area (Å²) in [5, 5.41) is 12.9. The summed E-state index contributed by atoms with van der Waals surface area (Å²) in [6, 6.07) is 7.65. The molecule has 3 aliphatic heterocycles. The first-order chi connectivity index (χ1) is 18.9. The number of amides is 3. The number of urea groups is 1. The minimum absolute atomic E-state index is 0.224. The molecular weight excluding hydrogens is 525 g/mol. The van der Waals surface area contributed by atoms with Crippen molar-refractivity contribution in [2.75, 3.05) is 23.3 Å². The number of β-amino-alcohol motifs (C(OH)–C–C–N with tert-alkyl or cyclic N) is 1. The number of fused-ring (bicyclic) bond motifs is 2. The van der Waals surface area contributed by atoms with Gasteiger partial charge in [-0.15, -0.1) is 0 Å². The van der Waals surface area contributed by atoms with Crippen molar-refractivity contribution < 1.29 is 23.8 Å². The van der Waals surface area contributed by atoms with Crippen molar-refractivity contribution in [3.05, 3.63) is 75.6 Å². The molecule has 3 amide bonds. The van der Waals surface area contributed by atoms with Crippen LogP contribution in [0.1, 0.15) is 64.3 Å². The zero-order valence-electron chi connectivity index (χ0n) is 20.9. The van der Waals surface area contributed by atoms with Gasteiger partial charge in [-0.25, -0.2) is 14.2 Å². The van der Waals surface area contributed by atoms with Gasteiger partial charge in [0, 0.05) is 36.8 Å². The van der Waals surface area contributed by atoms with E-state index < -0.39 is 24.1 Å². The first kappa shape index (κ1) is 24.3. The summed E-state index contributed by atoms with van der Waals surface area (Å²) in [6.45, 7) is 0.792. The Morgan fingerprint density at radius 3 is 2.74 bits per heavy atom. The normalized spacial score (nSPS) is 20.5. The number of anilines is 2. The number of carbonyl (C=O) groups is 2. The lowest BCUT2D eigenvalue weighted by Crippen LogP contribution is -2.53. The molecule has 4 aliphatic rings. The second-order valence-corrected chi connectivity index (χ2v) is 10.9. The lowest BCUT2D eigenvalue weighted by atomic mass is 9.98. The molecule has 2 aromatic heterocycles. The third-order valence-corrected chi connectivity index (χ3v) is 8.05. The number of aryl methyl sites for hydroxylation is 1. The van der Waals surface area contributed by atoms with Crippen LogP contribution in [0.25, 0.3) is 0 Å². The standard InChI is InChI=1S/C28H25ClFN5O4/c29-18-8-15-5-6-23(26-19(30)2-1-7-31-26)39-24(15)10-22(18)35-13-17-20(33-28(35)38)9-21(32-25(17)14-3-4-14)27(37)34-11-16(36)12-34/h1-2,7-10,14,16,23,36H,3-6,11-13H2,(H,33,38). The van der Waals surface area contributed by atoms with Gasteiger partial charge in [-0.05, 0) is 55.5 Å². The minimum Gasteiger partial charge on any atom is -0.484 e. The van der Waals surface area contributed by atoms with Crippen molar-refractivity contribution in [1.82, 2.24) is 14.9 Å². The maximum absolute atomic E-state index is 14.4. The third kappa shape index (κ3) is 4.28. The molecule has 0 radical (unpaired) electrons. The van der Waals surface area contributed by atoms with Crippen LogP contribution in [0.2, 0.25) is 5.02 Å². The number of nitrogens with one attached hydrogen (secondary N) is 1. The van der Waals surface area contributed by atoms with E-state index in [1.54, 1.807) is 34.1 Å². The highest BCUT2D eigenvalue weighted by Crippen LogP contribution is 2.46. The van der Waals surface area contributed by atoms with E-state index in [0.29, 0.717) is 35.0 Å². The molecule has 200 valence electrons.